The van der Waals surface area contributed by atoms with Crippen LogP contribution in [-0.2, 0) is 21.1 Å². The molecule has 46 valence electrons. The molecule has 0 aliphatic carbocycles. The van der Waals surface area contributed by atoms with Crippen LogP contribution in [-0.4, -0.2) is 28.2 Å². The van der Waals surface area contributed by atoms with Crippen LogP contribution >= 0.6 is 0 Å². The van der Waals surface area contributed by atoms with E-state index >= 15 is 0 Å². The molecule has 0 spiro atoms. The third-order valence-corrected chi connectivity index (χ3v) is 0. The Hall–Kier alpha value is 0.608. The van der Waals surface area contributed by atoms with Crippen LogP contribution in [0.2, 0.25) is 0 Å². The predicted molar refractivity (Wildman–Crippen MR) is 30.0 cm³/mol. The third-order valence-electron chi connectivity index (χ3n) is 0. The van der Waals surface area contributed by atoms with Gasteiger partial charge in [-0.2, -0.15) is 0 Å². The van der Waals surface area contributed by atoms with Gasteiger partial charge in [-0.25, -0.2) is 0 Å². The standard InChI is InChI=1S/2C2H7N.Mo/c2*1-3-2;/h2*3H,1-2H3;. The van der Waals surface area contributed by atoms with Crippen LogP contribution in [0.15, 0.2) is 0 Å². The molecule has 0 radical (unpaired) electrons. The fraction of sp³-hybridized carbons (Fsp3) is 1.00. The Balaban J connectivity index is -0.0000000400. The second kappa shape index (κ2) is 30.6. The topological polar surface area (TPSA) is 24.1 Å². The first-order valence-corrected chi connectivity index (χ1v) is 2.00. The van der Waals surface area contributed by atoms with Crippen LogP contribution in [0.25, 0.3) is 0 Å². The maximum absolute atomic E-state index is 2.75. The minimum Gasteiger partial charge on any atom is -0.323 e. The Bertz CT molecular complexity index is 11.7. The molecule has 0 aliphatic heterocycles. The largest absolute Gasteiger partial charge is 0.323 e. The van der Waals surface area contributed by atoms with Gasteiger partial charge in [0.05, 0.1) is 0 Å². The summed E-state index contributed by atoms with van der Waals surface area (Å²) in [5.74, 6) is 0. The van der Waals surface area contributed by atoms with Crippen molar-refractivity contribution < 1.29 is 21.1 Å². The van der Waals surface area contributed by atoms with Crippen LogP contribution < -0.4 is 10.6 Å². The van der Waals surface area contributed by atoms with E-state index in [1.807, 2.05) is 28.2 Å². The fourth-order valence-electron chi connectivity index (χ4n) is 0. The van der Waals surface area contributed by atoms with E-state index in [2.05, 4.69) is 10.6 Å². The van der Waals surface area contributed by atoms with Crippen LogP contribution in [0, 0.1) is 0 Å². The van der Waals surface area contributed by atoms with E-state index in [-0.39, 0.29) is 21.1 Å². The predicted octanol–water partition coefficient (Wildman–Crippen LogP) is -0.331. The monoisotopic (exact) mass is 188 g/mol. The van der Waals surface area contributed by atoms with Crippen molar-refractivity contribution in [2.75, 3.05) is 28.2 Å². The first kappa shape index (κ1) is 15.6. The van der Waals surface area contributed by atoms with Gasteiger partial charge >= 0.3 is 0 Å². The van der Waals surface area contributed by atoms with Gasteiger partial charge in [0.2, 0.25) is 0 Å². The van der Waals surface area contributed by atoms with Crippen molar-refractivity contribution >= 4 is 0 Å². The maximum atomic E-state index is 2.75. The minimum absolute atomic E-state index is 0. The summed E-state index contributed by atoms with van der Waals surface area (Å²) in [4.78, 5) is 0. The molecule has 3 heteroatoms. The molecule has 7 heavy (non-hydrogen) atoms. The normalized spacial score (nSPS) is 5.14. The molecule has 0 aromatic rings. The van der Waals surface area contributed by atoms with Gasteiger partial charge in [-0.1, -0.05) is 0 Å². The molecular formula is C4H14MoN2. The van der Waals surface area contributed by atoms with Crippen molar-refractivity contribution in [3.63, 3.8) is 0 Å². The zero-order valence-electron chi connectivity index (χ0n) is 5.41. The quantitative estimate of drug-likeness (QED) is 0.506. The third kappa shape index (κ3) is 379. The van der Waals surface area contributed by atoms with Crippen molar-refractivity contribution in [1.82, 2.24) is 10.6 Å². The molecule has 0 saturated carbocycles. The van der Waals surface area contributed by atoms with Gasteiger partial charge in [0.15, 0.2) is 0 Å². The summed E-state index contributed by atoms with van der Waals surface area (Å²) >= 11 is 0. The van der Waals surface area contributed by atoms with Gasteiger partial charge in [0.25, 0.3) is 0 Å². The van der Waals surface area contributed by atoms with E-state index < -0.39 is 0 Å². The molecule has 2 N–H and O–H groups in total. The van der Waals surface area contributed by atoms with Crippen LogP contribution in [0.1, 0.15) is 0 Å². The van der Waals surface area contributed by atoms with E-state index in [0.717, 1.165) is 0 Å². The Labute approximate surface area is 60.3 Å². The Morgan fingerprint density at radius 3 is 0.714 bits per heavy atom. The van der Waals surface area contributed by atoms with Gasteiger partial charge in [-0.3, -0.25) is 0 Å². The van der Waals surface area contributed by atoms with Crippen molar-refractivity contribution in [2.45, 2.75) is 0 Å². The molecular weight excluding hydrogens is 172 g/mol. The molecule has 0 aliphatic rings. The van der Waals surface area contributed by atoms with E-state index in [0.29, 0.717) is 0 Å². The van der Waals surface area contributed by atoms with Crippen LogP contribution in [0.5, 0.6) is 0 Å². The van der Waals surface area contributed by atoms with E-state index in [1.165, 1.54) is 0 Å². The number of hydrogen-bond acceptors (Lipinski definition) is 2. The zero-order valence-corrected chi connectivity index (χ0v) is 7.42. The van der Waals surface area contributed by atoms with Crippen molar-refractivity contribution in [3.8, 4) is 0 Å². The summed E-state index contributed by atoms with van der Waals surface area (Å²) in [6.45, 7) is 0. The summed E-state index contributed by atoms with van der Waals surface area (Å²) in [7, 11) is 7.50. The molecule has 0 fully saturated rings. The number of rotatable bonds is 0. The first-order valence-electron chi connectivity index (χ1n) is 2.00. The van der Waals surface area contributed by atoms with Gasteiger partial charge in [0.1, 0.15) is 0 Å². The summed E-state index contributed by atoms with van der Waals surface area (Å²) < 4.78 is 0. The summed E-state index contributed by atoms with van der Waals surface area (Å²) in [5, 5.41) is 5.50. The van der Waals surface area contributed by atoms with Crippen LogP contribution in [0.3, 0.4) is 0 Å². The first-order chi connectivity index (χ1) is 2.83. The van der Waals surface area contributed by atoms with Gasteiger partial charge in [-0.15, -0.1) is 0 Å². The SMILES string of the molecule is CNC.CNC.[Mo]. The average Bonchev–Trinajstić information content (AvgIpc) is 1.39. The second-order valence-electron chi connectivity index (χ2n) is 1.00. The molecule has 0 unspecified atom stereocenters. The molecule has 0 rings (SSSR count). The molecule has 0 amide bonds. The molecule has 2 nitrogen and oxygen atoms in total. The van der Waals surface area contributed by atoms with Gasteiger partial charge < -0.3 is 10.6 Å². The maximum Gasteiger partial charge on any atom is 0 e. The molecule has 0 heterocycles. The van der Waals surface area contributed by atoms with Crippen molar-refractivity contribution in [2.24, 2.45) is 0 Å². The van der Waals surface area contributed by atoms with E-state index in [1.54, 1.807) is 0 Å². The molecule has 0 bridgehead atoms. The second-order valence-corrected chi connectivity index (χ2v) is 1.00. The molecule has 0 aromatic carbocycles. The fourth-order valence-corrected chi connectivity index (χ4v) is 0. The summed E-state index contributed by atoms with van der Waals surface area (Å²) in [6, 6.07) is 0. The Kier molecular flexibility index (Phi) is 68.3. The molecule has 0 aromatic heterocycles. The van der Waals surface area contributed by atoms with Crippen molar-refractivity contribution in [1.29, 1.82) is 0 Å². The van der Waals surface area contributed by atoms with E-state index in [9.17, 15) is 0 Å². The van der Waals surface area contributed by atoms with Crippen LogP contribution in [0.4, 0.5) is 0 Å². The summed E-state index contributed by atoms with van der Waals surface area (Å²) in [6.07, 6.45) is 0. The Morgan fingerprint density at radius 1 is 0.714 bits per heavy atom. The average molecular weight is 186 g/mol. The molecule has 0 saturated heterocycles. The smallest absolute Gasteiger partial charge is 0 e. The molecule has 0 atom stereocenters. The zero-order chi connectivity index (χ0) is 5.41. The van der Waals surface area contributed by atoms with Crippen molar-refractivity contribution in [3.05, 3.63) is 0 Å². The number of nitrogens with one attached hydrogen (secondary N) is 2. The van der Waals surface area contributed by atoms with E-state index in [4.69, 9.17) is 0 Å². The van der Waals surface area contributed by atoms with Gasteiger partial charge in [0, 0.05) is 21.1 Å². The number of hydrogen-bond donors (Lipinski definition) is 2. The van der Waals surface area contributed by atoms with Gasteiger partial charge in [-0.05, 0) is 28.2 Å². The Morgan fingerprint density at radius 2 is 0.714 bits per heavy atom. The summed E-state index contributed by atoms with van der Waals surface area (Å²) in [5.41, 5.74) is 0. The minimum atomic E-state index is 0.